The summed E-state index contributed by atoms with van der Waals surface area (Å²) in [7, 11) is -15.0. The van der Waals surface area contributed by atoms with E-state index in [-0.39, 0.29) is 19.6 Å². The Labute approximate surface area is 404 Å². The molecule has 0 aliphatic carbocycles. The predicted molar refractivity (Wildman–Crippen MR) is 275 cm³/mol. The van der Waals surface area contributed by atoms with Gasteiger partial charge in [0.2, 0.25) is 0 Å². The van der Waals surface area contributed by atoms with Gasteiger partial charge in [0, 0.05) is 21.6 Å². The van der Waals surface area contributed by atoms with Crippen LogP contribution in [-0.2, 0) is 44.8 Å². The Hall–Kier alpha value is -7.48. The van der Waals surface area contributed by atoms with Crippen molar-refractivity contribution in [3.05, 3.63) is 285 Å². The van der Waals surface area contributed by atoms with Crippen molar-refractivity contribution in [3.8, 4) is 0 Å². The zero-order chi connectivity index (χ0) is 48.5. The molecule has 0 aliphatic rings. The third kappa shape index (κ3) is 11.1. The first-order chi connectivity index (χ1) is 33.2. The van der Waals surface area contributed by atoms with Crippen molar-refractivity contribution in [1.82, 2.24) is 0 Å². The van der Waals surface area contributed by atoms with Crippen molar-refractivity contribution in [2.24, 2.45) is 0 Å². The lowest BCUT2D eigenvalue weighted by atomic mass is 9.65. The van der Waals surface area contributed by atoms with Crippen molar-refractivity contribution in [3.63, 3.8) is 0 Å². The van der Waals surface area contributed by atoms with E-state index in [1.165, 1.54) is 94.5 Å². The van der Waals surface area contributed by atoms with Crippen molar-refractivity contribution in [1.29, 1.82) is 0 Å². The summed E-state index contributed by atoms with van der Waals surface area (Å²) in [5, 5.41) is 4.68. The third-order valence-electron chi connectivity index (χ3n) is 11.4. The lowest BCUT2D eigenvalue weighted by Crippen LogP contribution is -2.31. The van der Waals surface area contributed by atoms with Crippen molar-refractivity contribution in [2.45, 2.75) is 25.0 Å². The van der Waals surface area contributed by atoms with Crippen LogP contribution in [-0.4, -0.2) is 33.7 Å². The topological polar surface area (TPSA) is 137 Å². The summed E-state index contributed by atoms with van der Waals surface area (Å²) in [4.78, 5) is 0.666. The van der Waals surface area contributed by atoms with Gasteiger partial charge in [0.1, 0.15) is 0 Å². The monoisotopic (exact) mass is 984 g/mol. The second kappa shape index (κ2) is 20.4. The zero-order valence-electron chi connectivity index (χ0n) is 36.8. The van der Waals surface area contributed by atoms with Gasteiger partial charge in [0.05, 0.1) is 25.0 Å². The maximum atomic E-state index is 13.2. The highest BCUT2D eigenvalue weighted by Gasteiger charge is 2.38. The van der Waals surface area contributed by atoms with Crippen LogP contribution >= 0.6 is 0 Å². The molecule has 0 atom stereocenters. The van der Waals surface area contributed by atoms with Gasteiger partial charge in [-0.15, -0.1) is 0 Å². The van der Waals surface area contributed by atoms with Crippen LogP contribution in [0.3, 0.4) is 0 Å². The van der Waals surface area contributed by atoms with Crippen molar-refractivity contribution < 1.29 is 33.7 Å². The van der Waals surface area contributed by atoms with Gasteiger partial charge in [-0.25, -0.2) is 33.7 Å². The molecule has 69 heavy (non-hydrogen) atoms. The molecule has 0 unspecified atom stereocenters. The molecule has 344 valence electrons. The fourth-order valence-electron chi connectivity index (χ4n) is 7.80. The van der Waals surface area contributed by atoms with Gasteiger partial charge in [-0.1, -0.05) is 170 Å². The van der Waals surface area contributed by atoms with E-state index in [4.69, 9.17) is 0 Å². The quantitative estimate of drug-likeness (QED) is 0.0873. The van der Waals surface area contributed by atoms with Gasteiger partial charge in [-0.3, -0.25) is 0 Å². The normalized spacial score (nSPS) is 12.9. The first kappa shape index (κ1) is 48.0. The molecule has 0 aliphatic heterocycles. The van der Waals surface area contributed by atoms with E-state index in [9.17, 15) is 33.7 Å². The van der Waals surface area contributed by atoms with Crippen molar-refractivity contribution >= 4 is 63.7 Å². The number of sulfone groups is 4. The van der Waals surface area contributed by atoms with Crippen LogP contribution in [0.4, 0.5) is 0 Å². The van der Waals surface area contributed by atoms with E-state index in [0.29, 0.717) is 22.3 Å². The molecule has 0 saturated heterocycles. The summed E-state index contributed by atoms with van der Waals surface area (Å²) in [5.74, 6) is 0. The highest BCUT2D eigenvalue weighted by atomic mass is 32.2. The van der Waals surface area contributed by atoms with E-state index in [1.54, 1.807) is 72.8 Å². The minimum absolute atomic E-state index is 0.166. The SMILES string of the molecule is O=S(=O)(/C=C/c1ccc(C(c2ccc(/C=C/S(=O)(=O)c3ccccc3)cc2)(c2ccc(/C=C/S(=O)(=O)c3ccccc3)cc2)c2ccc(/C=C/S(=O)(=O)c3ccccc3)cc2)cc1)c1ccccc1. The van der Waals surface area contributed by atoms with E-state index in [2.05, 4.69) is 0 Å². The molecular weight excluding hydrogens is 941 g/mol. The number of benzene rings is 8. The molecule has 8 aromatic rings. The number of rotatable bonds is 16. The van der Waals surface area contributed by atoms with Gasteiger partial charge >= 0.3 is 0 Å². The van der Waals surface area contributed by atoms with E-state index >= 15 is 0 Å². The minimum atomic E-state index is -3.74. The standard InChI is InChI=1S/C57H44O8S4/c58-66(59,53-13-5-1-6-14-53)41-37-45-21-29-49(30-22-45)57(50-31-23-46(24-32-50)38-42-67(60,61)54-15-7-2-8-16-54,51-33-25-47(26-34-51)39-43-68(62,63)55-17-9-3-10-18-55)52-35-27-48(28-36-52)40-44-69(64,65)56-19-11-4-12-20-56/h1-44H/b41-37+,42-38+,43-39+,44-40+. The van der Waals surface area contributed by atoms with Gasteiger partial charge < -0.3 is 0 Å². The summed E-state index contributed by atoms with van der Waals surface area (Å²) < 4.78 is 106. The minimum Gasteiger partial charge on any atom is -0.219 e. The van der Waals surface area contributed by atoms with Crippen LogP contribution in [0.25, 0.3) is 24.3 Å². The molecular formula is C57H44O8S4. The summed E-state index contributed by atoms with van der Waals surface area (Å²) in [5.41, 5.74) is 4.43. The van der Waals surface area contributed by atoms with Crippen LogP contribution in [0.1, 0.15) is 44.5 Å². The fourth-order valence-corrected chi connectivity index (χ4v) is 11.9. The molecule has 0 radical (unpaired) electrons. The summed E-state index contributed by atoms with van der Waals surface area (Å²) in [6, 6.07) is 62.4. The Morgan fingerprint density at radius 2 is 0.406 bits per heavy atom. The summed E-state index contributed by atoms with van der Waals surface area (Å²) >= 11 is 0. The first-order valence-electron chi connectivity index (χ1n) is 21.5. The maximum Gasteiger partial charge on any atom is 0.199 e. The van der Waals surface area contributed by atoms with Crippen LogP contribution in [0.15, 0.2) is 260 Å². The molecule has 0 heterocycles. The summed E-state index contributed by atoms with van der Waals surface area (Å²) in [6.45, 7) is 0. The molecule has 0 N–H and O–H groups in total. The van der Waals surface area contributed by atoms with E-state index in [0.717, 1.165) is 22.3 Å². The van der Waals surface area contributed by atoms with Crippen LogP contribution in [0.2, 0.25) is 0 Å². The third-order valence-corrected chi connectivity index (χ3v) is 17.1. The lowest BCUT2D eigenvalue weighted by Gasteiger charge is -2.37. The molecule has 8 aromatic carbocycles. The van der Waals surface area contributed by atoms with E-state index < -0.39 is 44.8 Å². The predicted octanol–water partition coefficient (Wildman–Crippen LogP) is 11.8. The molecule has 0 spiro atoms. The second-order valence-electron chi connectivity index (χ2n) is 15.9. The molecule has 0 bridgehead atoms. The molecule has 0 saturated carbocycles. The highest BCUT2D eigenvalue weighted by molar-refractivity contribution is 7.95. The summed E-state index contributed by atoms with van der Waals surface area (Å²) in [6.07, 6.45) is 6.14. The Bertz CT molecular complexity index is 3130. The van der Waals surface area contributed by atoms with Crippen molar-refractivity contribution in [2.75, 3.05) is 0 Å². The first-order valence-corrected chi connectivity index (χ1v) is 27.7. The Morgan fingerprint density at radius 1 is 0.232 bits per heavy atom. The Morgan fingerprint density at radius 3 is 0.580 bits per heavy atom. The molecule has 12 heteroatoms. The Balaban J connectivity index is 1.26. The number of hydrogen-bond acceptors (Lipinski definition) is 8. The highest BCUT2D eigenvalue weighted by Crippen LogP contribution is 2.46. The Kier molecular flexibility index (Phi) is 14.2. The smallest absolute Gasteiger partial charge is 0.199 e. The average Bonchev–Trinajstić information content (AvgIpc) is 3.39. The van der Waals surface area contributed by atoms with E-state index in [1.807, 2.05) is 97.1 Å². The van der Waals surface area contributed by atoms with Gasteiger partial charge in [-0.2, -0.15) is 0 Å². The maximum absolute atomic E-state index is 13.2. The lowest BCUT2D eigenvalue weighted by molar-refractivity contribution is 0.603. The van der Waals surface area contributed by atoms with Gasteiger partial charge in [0.15, 0.2) is 39.3 Å². The average molecular weight is 985 g/mol. The van der Waals surface area contributed by atoms with Gasteiger partial charge in [0.25, 0.3) is 0 Å². The molecule has 8 nitrogen and oxygen atoms in total. The second-order valence-corrected chi connectivity index (χ2v) is 23.2. The zero-order valence-corrected chi connectivity index (χ0v) is 40.1. The van der Waals surface area contributed by atoms with Gasteiger partial charge in [-0.05, 0) is 117 Å². The molecule has 8 rings (SSSR count). The molecule has 0 aromatic heterocycles. The van der Waals surface area contributed by atoms with Crippen LogP contribution in [0.5, 0.6) is 0 Å². The van der Waals surface area contributed by atoms with Crippen LogP contribution < -0.4 is 0 Å². The largest absolute Gasteiger partial charge is 0.219 e. The van der Waals surface area contributed by atoms with Crippen LogP contribution in [0, 0.1) is 0 Å². The fraction of sp³-hybridized carbons (Fsp3) is 0.0175. The molecule has 0 fully saturated rings. The number of hydrogen-bond donors (Lipinski definition) is 0. The molecule has 0 amide bonds.